The van der Waals surface area contributed by atoms with Crippen LogP contribution in [0.15, 0.2) is 71.5 Å². The first-order valence-electron chi connectivity index (χ1n) is 7.35. The second-order valence-electron chi connectivity index (χ2n) is 5.36. The molecule has 0 saturated heterocycles. The van der Waals surface area contributed by atoms with Crippen molar-refractivity contribution in [3.05, 3.63) is 77.0 Å². The molecule has 0 atom stereocenters. The zero-order chi connectivity index (χ0) is 15.8. The highest BCUT2D eigenvalue weighted by molar-refractivity contribution is 7.21. The Kier molecular flexibility index (Phi) is 3.32. The number of benzene rings is 3. The van der Waals surface area contributed by atoms with Crippen molar-refractivity contribution in [3.8, 4) is 10.6 Å². The van der Waals surface area contributed by atoms with Crippen molar-refractivity contribution in [1.29, 1.82) is 0 Å². The second kappa shape index (κ2) is 5.48. The number of aromatic nitrogens is 1. The smallest absolute Gasteiger partial charge is 0.203 e. The van der Waals surface area contributed by atoms with Gasteiger partial charge < -0.3 is 4.90 Å². The van der Waals surface area contributed by atoms with E-state index in [4.69, 9.17) is 4.98 Å². The van der Waals surface area contributed by atoms with Crippen molar-refractivity contribution in [2.75, 3.05) is 11.9 Å². The van der Waals surface area contributed by atoms with E-state index in [0.29, 0.717) is 5.69 Å². The lowest BCUT2D eigenvalue weighted by Gasteiger charge is -2.19. The molecule has 2 aromatic carbocycles. The molecular formula is C19H14N2OS. The average Bonchev–Trinajstić information content (AvgIpc) is 2.59. The molecule has 0 aromatic heterocycles. The molecule has 2 aromatic rings. The molecule has 0 amide bonds. The van der Waals surface area contributed by atoms with Crippen LogP contribution < -0.4 is 10.3 Å². The molecule has 1 aliphatic heterocycles. The van der Waals surface area contributed by atoms with Crippen LogP contribution in [-0.4, -0.2) is 12.0 Å². The Morgan fingerprint density at radius 1 is 0.957 bits per heavy atom. The van der Waals surface area contributed by atoms with Crippen LogP contribution >= 0.6 is 11.3 Å². The van der Waals surface area contributed by atoms with Crippen molar-refractivity contribution in [2.45, 2.75) is 0 Å². The molecule has 0 spiro atoms. The van der Waals surface area contributed by atoms with E-state index in [1.807, 2.05) is 72.6 Å². The molecule has 1 heterocycles. The molecular weight excluding hydrogens is 304 g/mol. The summed E-state index contributed by atoms with van der Waals surface area (Å²) in [5, 5.41) is 0. The second-order valence-corrected chi connectivity index (χ2v) is 6.45. The van der Waals surface area contributed by atoms with Gasteiger partial charge in [0.2, 0.25) is 5.43 Å². The largest absolute Gasteiger partial charge is 0.341 e. The van der Waals surface area contributed by atoms with Crippen molar-refractivity contribution in [1.82, 2.24) is 4.98 Å². The van der Waals surface area contributed by atoms with Gasteiger partial charge in [0.25, 0.3) is 0 Å². The molecule has 23 heavy (non-hydrogen) atoms. The van der Waals surface area contributed by atoms with Crippen LogP contribution in [0.4, 0.5) is 11.4 Å². The third kappa shape index (κ3) is 2.47. The van der Waals surface area contributed by atoms with E-state index in [1.165, 1.54) is 0 Å². The Bertz CT molecular complexity index is 1010. The van der Waals surface area contributed by atoms with Gasteiger partial charge in [-0.05, 0) is 30.3 Å². The van der Waals surface area contributed by atoms with Gasteiger partial charge in [-0.3, -0.25) is 4.79 Å². The van der Waals surface area contributed by atoms with E-state index in [1.54, 1.807) is 17.4 Å². The molecule has 0 saturated carbocycles. The highest BCUT2D eigenvalue weighted by Gasteiger charge is 2.14. The molecule has 3 nitrogen and oxygen atoms in total. The SMILES string of the molecule is CN(c1ccccc1)c1cc2nc3ccccc3sc-2cc1=O. The molecule has 0 unspecified atom stereocenters. The van der Waals surface area contributed by atoms with Crippen LogP contribution in [0, 0.1) is 0 Å². The zero-order valence-electron chi connectivity index (χ0n) is 12.6. The molecule has 112 valence electrons. The van der Waals surface area contributed by atoms with Gasteiger partial charge in [0.05, 0.1) is 26.5 Å². The Hall–Kier alpha value is -2.72. The van der Waals surface area contributed by atoms with Crippen molar-refractivity contribution >= 4 is 32.9 Å². The summed E-state index contributed by atoms with van der Waals surface area (Å²) in [5.74, 6) is 0. The topological polar surface area (TPSA) is 33.2 Å². The summed E-state index contributed by atoms with van der Waals surface area (Å²) in [6.07, 6.45) is 0. The van der Waals surface area contributed by atoms with E-state index in [2.05, 4.69) is 0 Å². The Morgan fingerprint density at radius 2 is 1.70 bits per heavy atom. The highest BCUT2D eigenvalue weighted by atomic mass is 32.1. The first-order chi connectivity index (χ1) is 11.2. The summed E-state index contributed by atoms with van der Waals surface area (Å²) in [5.41, 5.74) is 3.44. The third-order valence-corrected chi connectivity index (χ3v) is 4.98. The van der Waals surface area contributed by atoms with E-state index in [-0.39, 0.29) is 5.43 Å². The number of hydrogen-bond donors (Lipinski definition) is 0. The van der Waals surface area contributed by atoms with Crippen molar-refractivity contribution in [3.63, 3.8) is 0 Å². The van der Waals surface area contributed by atoms with Gasteiger partial charge in [0, 0.05) is 18.8 Å². The molecule has 0 N–H and O–H groups in total. The van der Waals surface area contributed by atoms with E-state index in [9.17, 15) is 4.79 Å². The Labute approximate surface area is 137 Å². The fourth-order valence-electron chi connectivity index (χ4n) is 2.64. The maximum atomic E-state index is 12.5. The van der Waals surface area contributed by atoms with Gasteiger partial charge in [-0.25, -0.2) is 4.98 Å². The first kappa shape index (κ1) is 13.9. The van der Waals surface area contributed by atoms with Crippen LogP contribution in [0.5, 0.6) is 0 Å². The lowest BCUT2D eigenvalue weighted by molar-refractivity contribution is 1.19. The first-order valence-corrected chi connectivity index (χ1v) is 8.16. The lowest BCUT2D eigenvalue weighted by Crippen LogP contribution is -2.18. The predicted octanol–water partition coefficient (Wildman–Crippen LogP) is 4.53. The number of para-hydroxylation sites is 2. The molecule has 0 fully saturated rings. The number of hydrogen-bond acceptors (Lipinski definition) is 4. The fraction of sp³-hybridized carbons (Fsp3) is 0.0526. The van der Waals surface area contributed by atoms with E-state index >= 15 is 0 Å². The van der Waals surface area contributed by atoms with Crippen LogP contribution in [0.25, 0.3) is 20.8 Å². The van der Waals surface area contributed by atoms with Crippen LogP contribution in [-0.2, 0) is 0 Å². The van der Waals surface area contributed by atoms with Crippen molar-refractivity contribution < 1.29 is 0 Å². The Balaban J connectivity index is 1.91. The summed E-state index contributed by atoms with van der Waals surface area (Å²) in [4.78, 5) is 20.0. The van der Waals surface area contributed by atoms with Crippen molar-refractivity contribution in [2.24, 2.45) is 0 Å². The fourth-order valence-corrected chi connectivity index (χ4v) is 3.62. The minimum atomic E-state index is 0.0113. The minimum Gasteiger partial charge on any atom is -0.341 e. The molecule has 1 aliphatic carbocycles. The van der Waals surface area contributed by atoms with Gasteiger partial charge in [0.1, 0.15) is 0 Å². The summed E-state index contributed by atoms with van der Waals surface area (Å²) in [6, 6.07) is 21.4. The summed E-state index contributed by atoms with van der Waals surface area (Å²) >= 11 is 1.60. The monoisotopic (exact) mass is 318 g/mol. The molecule has 4 rings (SSSR count). The minimum absolute atomic E-state index is 0.0113. The quantitative estimate of drug-likeness (QED) is 0.509. The Morgan fingerprint density at radius 3 is 2.52 bits per heavy atom. The molecule has 0 bridgehead atoms. The number of fused-ring (bicyclic) bond motifs is 2. The van der Waals surface area contributed by atoms with Gasteiger partial charge in [-0.1, -0.05) is 30.3 Å². The van der Waals surface area contributed by atoms with Crippen LogP contribution in [0.2, 0.25) is 0 Å². The standard InChI is InChI=1S/C19H14N2OS/c1-21(13-7-3-2-4-8-13)16-11-15-19(12-17(16)22)23-18-10-6-5-9-14(18)20-15/h2-12H,1H3. The van der Waals surface area contributed by atoms with Gasteiger partial charge >= 0.3 is 0 Å². The van der Waals surface area contributed by atoms with Gasteiger partial charge in [-0.2, -0.15) is 0 Å². The lowest BCUT2D eigenvalue weighted by atomic mass is 10.2. The number of anilines is 2. The third-order valence-electron chi connectivity index (χ3n) is 3.87. The summed E-state index contributed by atoms with van der Waals surface area (Å²) in [6.45, 7) is 0. The average molecular weight is 318 g/mol. The highest BCUT2D eigenvalue weighted by Crippen LogP contribution is 2.32. The maximum Gasteiger partial charge on any atom is 0.203 e. The number of nitrogens with zero attached hydrogens (tertiary/aromatic N) is 2. The van der Waals surface area contributed by atoms with E-state index < -0.39 is 0 Å². The van der Waals surface area contributed by atoms with Crippen LogP contribution in [0.3, 0.4) is 0 Å². The summed E-state index contributed by atoms with van der Waals surface area (Å²) in [7, 11) is 1.91. The van der Waals surface area contributed by atoms with Gasteiger partial charge in [0.15, 0.2) is 0 Å². The van der Waals surface area contributed by atoms with E-state index in [0.717, 1.165) is 26.5 Å². The zero-order valence-corrected chi connectivity index (χ0v) is 13.4. The van der Waals surface area contributed by atoms with Crippen LogP contribution in [0.1, 0.15) is 0 Å². The molecule has 0 radical (unpaired) electrons. The molecule has 2 aliphatic rings. The number of rotatable bonds is 2. The molecule has 4 heteroatoms. The van der Waals surface area contributed by atoms with Gasteiger partial charge in [-0.15, -0.1) is 11.3 Å². The predicted molar refractivity (Wildman–Crippen MR) is 97.0 cm³/mol. The normalized spacial score (nSPS) is 11.0. The summed E-state index contributed by atoms with van der Waals surface area (Å²) < 4.78 is 1.09. The maximum absolute atomic E-state index is 12.5.